The molecule has 3 aromatic rings. The van der Waals surface area contributed by atoms with E-state index in [2.05, 4.69) is 0 Å². The van der Waals surface area contributed by atoms with E-state index in [4.69, 9.17) is 0 Å². The van der Waals surface area contributed by atoms with Crippen LogP contribution < -0.4 is 4.90 Å². The number of aryl methyl sites for hydroxylation is 2. The van der Waals surface area contributed by atoms with Gasteiger partial charge in [0.1, 0.15) is 17.4 Å². The van der Waals surface area contributed by atoms with Gasteiger partial charge in [0, 0.05) is 11.3 Å². The fraction of sp³-hybridized carbons (Fsp3) is 0.120. The lowest BCUT2D eigenvalue weighted by Crippen LogP contribution is -2.29. The van der Waals surface area contributed by atoms with Crippen LogP contribution in [0.15, 0.2) is 72.3 Å². The minimum Gasteiger partial charge on any atom is -0.507 e. The van der Waals surface area contributed by atoms with Gasteiger partial charge in [0.25, 0.3) is 11.7 Å². The van der Waals surface area contributed by atoms with E-state index in [1.54, 1.807) is 18.2 Å². The first-order valence-electron chi connectivity index (χ1n) is 9.67. The Morgan fingerprint density at radius 1 is 0.871 bits per heavy atom. The summed E-state index contributed by atoms with van der Waals surface area (Å²) in [5.41, 5.74) is 2.73. The van der Waals surface area contributed by atoms with Crippen LogP contribution in [-0.4, -0.2) is 16.8 Å². The molecule has 156 valence electrons. The Hall–Kier alpha value is -3.80. The van der Waals surface area contributed by atoms with E-state index in [-0.39, 0.29) is 17.0 Å². The third kappa shape index (κ3) is 3.61. The number of hydrogen-bond acceptors (Lipinski definition) is 3. The summed E-state index contributed by atoms with van der Waals surface area (Å²) < 4.78 is 27.4. The summed E-state index contributed by atoms with van der Waals surface area (Å²) in [6.07, 6.45) is 0. The number of nitrogens with zero attached hydrogens (tertiary/aromatic N) is 1. The van der Waals surface area contributed by atoms with Crippen LogP contribution in [0.5, 0.6) is 0 Å². The van der Waals surface area contributed by atoms with Gasteiger partial charge in [-0.1, -0.05) is 30.3 Å². The average Bonchev–Trinajstić information content (AvgIpc) is 3.01. The molecule has 0 radical (unpaired) electrons. The number of amides is 1. The van der Waals surface area contributed by atoms with Crippen molar-refractivity contribution >= 4 is 23.1 Å². The zero-order valence-corrected chi connectivity index (χ0v) is 16.9. The zero-order valence-electron chi connectivity index (χ0n) is 16.9. The van der Waals surface area contributed by atoms with Crippen LogP contribution in [0.25, 0.3) is 5.76 Å². The van der Waals surface area contributed by atoms with Gasteiger partial charge in [-0.2, -0.15) is 0 Å². The normalized spacial score (nSPS) is 17.9. The van der Waals surface area contributed by atoms with Crippen molar-refractivity contribution < 1.29 is 23.5 Å². The van der Waals surface area contributed by atoms with E-state index in [9.17, 15) is 23.5 Å². The van der Waals surface area contributed by atoms with E-state index in [1.807, 2.05) is 13.8 Å². The van der Waals surface area contributed by atoms with Crippen LogP contribution in [0.1, 0.15) is 28.3 Å². The second-order valence-corrected chi connectivity index (χ2v) is 7.50. The van der Waals surface area contributed by atoms with Gasteiger partial charge in [-0.25, -0.2) is 8.78 Å². The SMILES string of the molecule is Cc1ccc(/C(O)=C2\C(=O)C(=O)N(c3cccc(F)c3)C2c2ccc(F)cc2)cc1C. The predicted molar refractivity (Wildman–Crippen MR) is 113 cm³/mol. The first kappa shape index (κ1) is 20.5. The molecule has 1 amide bonds. The van der Waals surface area contributed by atoms with Crippen LogP contribution in [0.2, 0.25) is 0 Å². The van der Waals surface area contributed by atoms with Crippen molar-refractivity contribution in [2.24, 2.45) is 0 Å². The van der Waals surface area contributed by atoms with Gasteiger partial charge in [0.15, 0.2) is 0 Å². The molecule has 1 aliphatic rings. The highest BCUT2D eigenvalue weighted by molar-refractivity contribution is 6.51. The molecule has 1 heterocycles. The third-order valence-electron chi connectivity index (χ3n) is 5.50. The molecule has 1 N–H and O–H groups in total. The fourth-order valence-electron chi connectivity index (χ4n) is 3.73. The Labute approximate surface area is 178 Å². The number of ketones is 1. The quantitative estimate of drug-likeness (QED) is 0.360. The Morgan fingerprint density at radius 2 is 1.58 bits per heavy atom. The Balaban J connectivity index is 1.96. The summed E-state index contributed by atoms with van der Waals surface area (Å²) >= 11 is 0. The molecule has 1 unspecified atom stereocenters. The summed E-state index contributed by atoms with van der Waals surface area (Å²) in [5, 5.41) is 11.1. The highest BCUT2D eigenvalue weighted by Crippen LogP contribution is 2.42. The number of aliphatic hydroxyl groups is 1. The molecule has 0 bridgehead atoms. The maximum Gasteiger partial charge on any atom is 0.300 e. The lowest BCUT2D eigenvalue weighted by Gasteiger charge is -2.25. The van der Waals surface area contributed by atoms with E-state index < -0.39 is 29.4 Å². The maximum absolute atomic E-state index is 13.9. The number of benzene rings is 3. The van der Waals surface area contributed by atoms with Crippen molar-refractivity contribution in [1.29, 1.82) is 0 Å². The van der Waals surface area contributed by atoms with Crippen molar-refractivity contribution in [1.82, 2.24) is 0 Å². The van der Waals surface area contributed by atoms with Crippen molar-refractivity contribution in [3.63, 3.8) is 0 Å². The van der Waals surface area contributed by atoms with Crippen LogP contribution >= 0.6 is 0 Å². The van der Waals surface area contributed by atoms with E-state index in [0.717, 1.165) is 22.1 Å². The minimum atomic E-state index is -1.04. The second kappa shape index (κ2) is 7.80. The van der Waals surface area contributed by atoms with Crippen LogP contribution in [0, 0.1) is 25.5 Å². The number of rotatable bonds is 3. The molecule has 1 saturated heterocycles. The van der Waals surface area contributed by atoms with Gasteiger partial charge < -0.3 is 5.11 Å². The highest BCUT2D eigenvalue weighted by Gasteiger charge is 2.47. The molecule has 4 rings (SSSR count). The van der Waals surface area contributed by atoms with Gasteiger partial charge in [0.2, 0.25) is 0 Å². The molecule has 0 spiro atoms. The summed E-state index contributed by atoms with van der Waals surface area (Å²) in [6, 6.07) is 14.7. The lowest BCUT2D eigenvalue weighted by molar-refractivity contribution is -0.132. The number of carbonyl (C=O) groups excluding carboxylic acids is 2. The molecular formula is C25H19F2NO3. The molecule has 4 nitrogen and oxygen atoms in total. The molecule has 1 aliphatic heterocycles. The minimum absolute atomic E-state index is 0.135. The van der Waals surface area contributed by atoms with Gasteiger partial charge in [0.05, 0.1) is 11.6 Å². The summed E-state index contributed by atoms with van der Waals surface area (Å²) in [5.74, 6) is -3.19. The average molecular weight is 419 g/mol. The number of Topliss-reactive ketones (excluding diaryl/α,β-unsaturated/α-hetero) is 1. The molecular weight excluding hydrogens is 400 g/mol. The van der Waals surface area contributed by atoms with Crippen molar-refractivity contribution in [2.45, 2.75) is 19.9 Å². The molecule has 6 heteroatoms. The topological polar surface area (TPSA) is 57.6 Å². The number of carbonyl (C=O) groups is 2. The molecule has 0 aliphatic carbocycles. The van der Waals surface area contributed by atoms with E-state index >= 15 is 0 Å². The first-order chi connectivity index (χ1) is 14.8. The number of hydrogen-bond donors (Lipinski definition) is 1. The summed E-state index contributed by atoms with van der Waals surface area (Å²) in [4.78, 5) is 27.1. The van der Waals surface area contributed by atoms with Crippen LogP contribution in [0.4, 0.5) is 14.5 Å². The van der Waals surface area contributed by atoms with Gasteiger partial charge >= 0.3 is 0 Å². The number of anilines is 1. The van der Waals surface area contributed by atoms with Crippen molar-refractivity contribution in [3.05, 3.63) is 106 Å². The molecule has 1 fully saturated rings. The molecule has 3 aromatic carbocycles. The largest absolute Gasteiger partial charge is 0.507 e. The van der Waals surface area contributed by atoms with Crippen LogP contribution in [-0.2, 0) is 9.59 Å². The lowest BCUT2D eigenvalue weighted by atomic mass is 9.94. The monoisotopic (exact) mass is 419 g/mol. The zero-order chi connectivity index (χ0) is 22.3. The Bertz CT molecular complexity index is 1230. The number of halogens is 2. The first-order valence-corrected chi connectivity index (χ1v) is 9.67. The predicted octanol–water partition coefficient (Wildman–Crippen LogP) is 5.21. The van der Waals surface area contributed by atoms with Gasteiger partial charge in [-0.15, -0.1) is 0 Å². The van der Waals surface area contributed by atoms with Gasteiger partial charge in [-0.05, 0) is 66.9 Å². The molecule has 31 heavy (non-hydrogen) atoms. The molecule has 0 saturated carbocycles. The van der Waals surface area contributed by atoms with Crippen molar-refractivity contribution in [2.75, 3.05) is 4.90 Å². The Kier molecular flexibility index (Phi) is 5.15. The maximum atomic E-state index is 13.9. The summed E-state index contributed by atoms with van der Waals surface area (Å²) in [7, 11) is 0. The standard InChI is InChI=1S/C25H19F2NO3/c1-14-6-7-17(12-15(14)2)23(29)21-22(16-8-10-18(26)11-9-16)28(25(31)24(21)30)20-5-3-4-19(27)13-20/h3-13,22,29H,1-2H3/b23-21+. The highest BCUT2D eigenvalue weighted by atomic mass is 19.1. The third-order valence-corrected chi connectivity index (χ3v) is 5.50. The fourth-order valence-corrected chi connectivity index (χ4v) is 3.73. The van der Waals surface area contributed by atoms with Crippen molar-refractivity contribution in [3.8, 4) is 0 Å². The van der Waals surface area contributed by atoms with E-state index in [0.29, 0.717) is 11.1 Å². The molecule has 1 atom stereocenters. The second-order valence-electron chi connectivity index (χ2n) is 7.50. The smallest absolute Gasteiger partial charge is 0.300 e. The van der Waals surface area contributed by atoms with Crippen LogP contribution in [0.3, 0.4) is 0 Å². The molecule has 0 aromatic heterocycles. The summed E-state index contributed by atoms with van der Waals surface area (Å²) in [6.45, 7) is 3.79. The van der Waals surface area contributed by atoms with Gasteiger partial charge in [-0.3, -0.25) is 14.5 Å². The van der Waals surface area contributed by atoms with E-state index in [1.165, 1.54) is 42.5 Å². The Morgan fingerprint density at radius 3 is 2.23 bits per heavy atom. The number of aliphatic hydroxyl groups excluding tert-OH is 1.